The van der Waals surface area contributed by atoms with Crippen LogP contribution >= 0.6 is 11.3 Å². The minimum absolute atomic E-state index is 0.0516. The van der Waals surface area contributed by atoms with Gasteiger partial charge in [-0.3, -0.25) is 20.2 Å². The van der Waals surface area contributed by atoms with Crippen molar-refractivity contribution in [2.24, 2.45) is 0 Å². The second-order valence-corrected chi connectivity index (χ2v) is 11.9. The van der Waals surface area contributed by atoms with Crippen LogP contribution in [0, 0.1) is 10.1 Å². The van der Waals surface area contributed by atoms with Crippen LogP contribution in [0.4, 0.5) is 10.8 Å². The molecule has 0 aliphatic rings. The van der Waals surface area contributed by atoms with Gasteiger partial charge >= 0.3 is 0 Å². The monoisotopic (exact) mass is 606 g/mol. The molecule has 5 aromatic rings. The van der Waals surface area contributed by atoms with Gasteiger partial charge in [-0.25, -0.2) is 18.4 Å². The van der Waals surface area contributed by atoms with Gasteiger partial charge in [-0.15, -0.1) is 0 Å². The molecule has 0 bridgehead atoms. The van der Waals surface area contributed by atoms with Gasteiger partial charge in [0.1, 0.15) is 4.21 Å². The van der Waals surface area contributed by atoms with E-state index in [1.54, 1.807) is 42.5 Å². The van der Waals surface area contributed by atoms with Crippen molar-refractivity contribution >= 4 is 48.8 Å². The average molecular weight is 607 g/mol. The van der Waals surface area contributed by atoms with Gasteiger partial charge in [0.15, 0.2) is 16.6 Å². The molecule has 5 rings (SSSR count). The first kappa shape index (κ1) is 28.4. The van der Waals surface area contributed by atoms with Crippen LogP contribution in [0.25, 0.3) is 22.2 Å². The molecule has 0 radical (unpaired) electrons. The summed E-state index contributed by atoms with van der Waals surface area (Å²) in [5.74, 6) is 0.705. The van der Waals surface area contributed by atoms with E-state index in [0.717, 1.165) is 41.8 Å². The smallest absolute Gasteiger partial charge is 0.269 e. The number of sulfone groups is 1. The number of nitrogens with zero attached hydrogens (tertiary/aromatic N) is 3. The number of ether oxygens (including phenoxy) is 3. The summed E-state index contributed by atoms with van der Waals surface area (Å²) in [5.41, 5.74) is 1.66. The highest BCUT2D eigenvalue weighted by Crippen LogP contribution is 2.41. The third kappa shape index (κ3) is 5.32. The number of benzene rings is 3. The molecule has 42 heavy (non-hydrogen) atoms. The van der Waals surface area contributed by atoms with Crippen LogP contribution < -0.4 is 19.5 Å². The minimum atomic E-state index is -4.02. The van der Waals surface area contributed by atoms with E-state index in [-0.39, 0.29) is 25.5 Å². The lowest BCUT2D eigenvalue weighted by atomic mass is 10.0. The Morgan fingerprint density at radius 2 is 1.62 bits per heavy atom. The van der Waals surface area contributed by atoms with Gasteiger partial charge in [0.25, 0.3) is 11.6 Å². The molecule has 0 fully saturated rings. The Morgan fingerprint density at radius 3 is 2.24 bits per heavy atom. The van der Waals surface area contributed by atoms with Crippen LogP contribution in [0.15, 0.2) is 82.0 Å². The van der Waals surface area contributed by atoms with Crippen molar-refractivity contribution in [1.29, 1.82) is 0 Å². The van der Waals surface area contributed by atoms with E-state index in [1.165, 1.54) is 21.3 Å². The number of pyridine rings is 1. The molecule has 1 N–H and O–H groups in total. The number of hydrogen-bond donors (Lipinski definition) is 1. The molecule has 0 saturated carbocycles. The predicted octanol–water partition coefficient (Wildman–Crippen LogP) is 5.38. The zero-order valence-electron chi connectivity index (χ0n) is 22.4. The van der Waals surface area contributed by atoms with Crippen molar-refractivity contribution in [2.45, 2.75) is 9.10 Å². The predicted molar refractivity (Wildman–Crippen MR) is 155 cm³/mol. The molecule has 0 unspecified atom stereocenters. The van der Waals surface area contributed by atoms with E-state index in [0.29, 0.717) is 39.4 Å². The van der Waals surface area contributed by atoms with Crippen LogP contribution in [0.3, 0.4) is 0 Å². The number of non-ortho nitro benzene ring substituents is 1. The van der Waals surface area contributed by atoms with Crippen LogP contribution in [-0.4, -0.2) is 50.5 Å². The lowest BCUT2D eigenvalue weighted by molar-refractivity contribution is -0.384. The minimum Gasteiger partial charge on any atom is -0.493 e. The summed E-state index contributed by atoms with van der Waals surface area (Å²) in [5, 5.41) is 14.2. The Balaban J connectivity index is 1.50. The highest BCUT2D eigenvalue weighted by molar-refractivity contribution is 7.93. The number of nitro benzene ring substituents is 1. The van der Waals surface area contributed by atoms with Crippen molar-refractivity contribution < 1.29 is 32.3 Å². The first-order valence-corrected chi connectivity index (χ1v) is 14.4. The number of fused-ring (bicyclic) bond motifs is 1. The summed E-state index contributed by atoms with van der Waals surface area (Å²) in [4.78, 5) is 32.5. The average Bonchev–Trinajstić information content (AvgIpc) is 3.49. The number of nitrogens with one attached hydrogen (secondary N) is 1. The number of para-hydroxylation sites is 1. The fourth-order valence-corrected chi connectivity index (χ4v) is 6.64. The quantitative estimate of drug-likeness (QED) is 0.170. The molecule has 0 aliphatic carbocycles. The van der Waals surface area contributed by atoms with Gasteiger partial charge in [0.2, 0.25) is 15.6 Å². The Morgan fingerprint density at radius 1 is 0.952 bits per heavy atom. The van der Waals surface area contributed by atoms with E-state index in [2.05, 4.69) is 10.3 Å². The van der Waals surface area contributed by atoms with Crippen LogP contribution in [-0.2, 0) is 9.84 Å². The number of aromatic nitrogens is 2. The Bertz CT molecular complexity index is 1910. The number of nitro groups is 1. The van der Waals surface area contributed by atoms with Gasteiger partial charge in [0, 0.05) is 23.1 Å². The van der Waals surface area contributed by atoms with Crippen LogP contribution in [0.1, 0.15) is 10.4 Å². The summed E-state index contributed by atoms with van der Waals surface area (Å²) in [6.07, 6.45) is 1.13. The number of hydrogen-bond acceptors (Lipinski definition) is 11. The number of thiazole rings is 1. The van der Waals surface area contributed by atoms with Gasteiger partial charge in [0.05, 0.1) is 54.1 Å². The van der Waals surface area contributed by atoms with E-state index >= 15 is 0 Å². The number of carbonyl (C=O) groups is 1. The Kier molecular flexibility index (Phi) is 7.74. The molecule has 0 saturated heterocycles. The summed E-state index contributed by atoms with van der Waals surface area (Å²) >= 11 is 0.761. The molecule has 2 aromatic heterocycles. The van der Waals surface area contributed by atoms with E-state index in [9.17, 15) is 23.3 Å². The molecule has 2 heterocycles. The van der Waals surface area contributed by atoms with Crippen LogP contribution in [0.5, 0.6) is 17.2 Å². The van der Waals surface area contributed by atoms with Crippen molar-refractivity contribution in [2.75, 3.05) is 26.6 Å². The van der Waals surface area contributed by atoms with Crippen molar-refractivity contribution in [3.8, 4) is 28.5 Å². The first-order valence-electron chi connectivity index (χ1n) is 12.1. The number of anilines is 1. The van der Waals surface area contributed by atoms with Crippen molar-refractivity contribution in [1.82, 2.24) is 9.97 Å². The zero-order chi connectivity index (χ0) is 30.0. The summed E-state index contributed by atoms with van der Waals surface area (Å²) in [7, 11) is 0.474. The Hall–Kier alpha value is -5.08. The maximum absolute atomic E-state index is 13.5. The van der Waals surface area contributed by atoms with E-state index < -0.39 is 20.7 Å². The molecule has 3 aromatic carbocycles. The fraction of sp³-hybridized carbons (Fsp3) is 0.107. The number of methoxy groups -OCH3 is 3. The molecule has 0 aliphatic heterocycles. The molecule has 214 valence electrons. The number of rotatable bonds is 9. The maximum Gasteiger partial charge on any atom is 0.269 e. The zero-order valence-corrected chi connectivity index (χ0v) is 24.0. The van der Waals surface area contributed by atoms with Gasteiger partial charge < -0.3 is 14.2 Å². The maximum atomic E-state index is 13.5. The van der Waals surface area contributed by atoms with Gasteiger partial charge in [-0.2, -0.15) is 0 Å². The first-order chi connectivity index (χ1) is 20.2. The van der Waals surface area contributed by atoms with Crippen molar-refractivity contribution in [3.63, 3.8) is 0 Å². The lowest BCUT2D eigenvalue weighted by Crippen LogP contribution is -2.13. The summed E-state index contributed by atoms with van der Waals surface area (Å²) in [6.45, 7) is 0. The third-order valence-corrected chi connectivity index (χ3v) is 9.39. The second kappa shape index (κ2) is 11.4. The second-order valence-electron chi connectivity index (χ2n) is 8.68. The third-order valence-electron chi connectivity index (χ3n) is 6.25. The highest BCUT2D eigenvalue weighted by atomic mass is 32.2. The van der Waals surface area contributed by atoms with Gasteiger partial charge in [-0.05, 0) is 36.4 Å². The van der Waals surface area contributed by atoms with E-state index in [4.69, 9.17) is 19.2 Å². The largest absolute Gasteiger partial charge is 0.493 e. The molecule has 14 heteroatoms. The SMILES string of the molecule is COc1cc(-c2cc(C(=O)Nc3ncc(S(=O)(=O)c4ccc([N+](=O)[O-])cc4)s3)c3ccccc3n2)cc(OC)c1OC. The molecule has 0 atom stereocenters. The molecular weight excluding hydrogens is 584 g/mol. The normalized spacial score (nSPS) is 11.2. The van der Waals surface area contributed by atoms with E-state index in [1.807, 2.05) is 0 Å². The highest BCUT2D eigenvalue weighted by Gasteiger charge is 2.24. The molecular formula is C28H22N4O8S2. The van der Waals surface area contributed by atoms with Gasteiger partial charge in [-0.1, -0.05) is 29.5 Å². The van der Waals surface area contributed by atoms with Crippen molar-refractivity contribution in [3.05, 3.63) is 88.6 Å². The number of amides is 1. The summed E-state index contributed by atoms with van der Waals surface area (Å²) in [6, 6.07) is 16.7. The van der Waals surface area contributed by atoms with Crippen LogP contribution in [0.2, 0.25) is 0 Å². The molecule has 0 spiro atoms. The molecule has 12 nitrogen and oxygen atoms in total. The summed E-state index contributed by atoms with van der Waals surface area (Å²) < 4.78 is 42.3. The topological polar surface area (TPSA) is 160 Å². The Labute approximate surface area is 243 Å². The molecule has 1 amide bonds. The lowest BCUT2D eigenvalue weighted by Gasteiger charge is -2.15. The fourth-order valence-electron chi connectivity index (χ4n) is 4.21. The number of carbonyl (C=O) groups excluding carboxylic acids is 1. The standard InChI is InChI=1S/C28H22N4O8S2/c1-38-23-12-16(13-24(39-2)26(23)40-3)22-14-20(19-6-4-5-7-21(19)30-22)27(33)31-28-29-15-25(41-28)42(36,37)18-10-8-17(9-11-18)32(34)35/h4-15H,1-3H3,(H,29,31,33).